The van der Waals surface area contributed by atoms with Gasteiger partial charge in [0.2, 0.25) is 0 Å². The SMILES string of the molecule is C1CCCC1.C1CCCC1.CC[C-]=C(CC)C(=[C-]CC)CC.[Ti+4]. The molecule has 0 spiro atoms. The molecule has 2 rings (SSSR count). The normalized spacial score (nSPS) is 17.6. The molecular weight excluding hydrogens is 312 g/mol. The Hall–Kier alpha value is 0.194. The number of allylic oxidation sites excluding steroid dienone is 4. The average Bonchev–Trinajstić information content (AvgIpc) is 3.28. The molecular formula is C22H40Ti+2. The molecule has 0 radical (unpaired) electrons. The molecule has 23 heavy (non-hydrogen) atoms. The maximum absolute atomic E-state index is 3.39. The standard InChI is InChI=1S/C12H20.2C5H10.Ti/c1-5-9-11(7-3)12(8-4)10-6-2;2*1-2-4-5-3-1;/h5-8H2,1-4H3;2*1-5H2;/q-2;;;+4. The summed E-state index contributed by atoms with van der Waals surface area (Å²) in [6.07, 6.45) is 26.0. The van der Waals surface area contributed by atoms with Crippen molar-refractivity contribution in [3.63, 3.8) is 0 Å². The van der Waals surface area contributed by atoms with Crippen LogP contribution in [0.4, 0.5) is 0 Å². The second-order valence-corrected chi connectivity index (χ2v) is 6.26. The maximum Gasteiger partial charge on any atom is 4.00 e. The average molecular weight is 352 g/mol. The fraction of sp³-hybridized carbons (Fsp3) is 0.818. The van der Waals surface area contributed by atoms with Crippen molar-refractivity contribution in [2.45, 2.75) is 118 Å². The summed E-state index contributed by atoms with van der Waals surface area (Å²) >= 11 is 0. The minimum atomic E-state index is 0. The first-order chi connectivity index (χ1) is 10.8. The van der Waals surface area contributed by atoms with E-state index in [4.69, 9.17) is 0 Å². The van der Waals surface area contributed by atoms with Gasteiger partial charge in [-0.2, -0.15) is 0 Å². The van der Waals surface area contributed by atoms with E-state index in [1.54, 1.807) is 0 Å². The second-order valence-electron chi connectivity index (χ2n) is 6.26. The van der Waals surface area contributed by atoms with Crippen LogP contribution in [-0.4, -0.2) is 0 Å². The molecule has 0 aromatic heterocycles. The molecule has 2 fully saturated rings. The van der Waals surface area contributed by atoms with Gasteiger partial charge in [0, 0.05) is 0 Å². The second kappa shape index (κ2) is 20.2. The Morgan fingerprint density at radius 2 is 0.739 bits per heavy atom. The molecule has 0 aromatic rings. The zero-order valence-corrected chi connectivity index (χ0v) is 18.0. The Morgan fingerprint density at radius 1 is 0.522 bits per heavy atom. The first kappa shape index (κ1) is 25.4. The van der Waals surface area contributed by atoms with Crippen molar-refractivity contribution in [1.82, 2.24) is 0 Å². The summed E-state index contributed by atoms with van der Waals surface area (Å²) in [4.78, 5) is 0. The zero-order valence-electron chi connectivity index (χ0n) is 16.4. The fourth-order valence-electron chi connectivity index (χ4n) is 3.08. The summed E-state index contributed by atoms with van der Waals surface area (Å²) < 4.78 is 0. The number of hydrogen-bond donors (Lipinski definition) is 0. The van der Waals surface area contributed by atoms with Crippen LogP contribution < -0.4 is 0 Å². The molecule has 1 heteroatoms. The molecule has 0 nitrogen and oxygen atoms in total. The summed E-state index contributed by atoms with van der Waals surface area (Å²) in [5.41, 5.74) is 2.73. The van der Waals surface area contributed by atoms with Crippen LogP contribution in [0.1, 0.15) is 118 Å². The quantitative estimate of drug-likeness (QED) is 0.267. The Morgan fingerprint density at radius 3 is 0.870 bits per heavy atom. The molecule has 0 aromatic carbocycles. The van der Waals surface area contributed by atoms with Crippen LogP contribution in [0.3, 0.4) is 0 Å². The van der Waals surface area contributed by atoms with Gasteiger partial charge in [0.1, 0.15) is 0 Å². The molecule has 130 valence electrons. The predicted molar refractivity (Wildman–Crippen MR) is 101 cm³/mol. The Labute approximate surface area is 162 Å². The third-order valence-corrected chi connectivity index (χ3v) is 4.35. The molecule has 0 unspecified atom stereocenters. The summed E-state index contributed by atoms with van der Waals surface area (Å²) in [6.45, 7) is 8.64. The fourth-order valence-corrected chi connectivity index (χ4v) is 3.08. The van der Waals surface area contributed by atoms with Gasteiger partial charge in [-0.1, -0.05) is 91.9 Å². The molecule has 0 bridgehead atoms. The molecule has 2 aliphatic rings. The van der Waals surface area contributed by atoms with Gasteiger partial charge in [-0.25, -0.2) is 0 Å². The van der Waals surface area contributed by atoms with Crippen LogP contribution in [0, 0.1) is 12.2 Å². The summed E-state index contributed by atoms with van der Waals surface area (Å²) in [7, 11) is 0. The van der Waals surface area contributed by atoms with E-state index in [-0.39, 0.29) is 21.7 Å². The van der Waals surface area contributed by atoms with Gasteiger partial charge in [-0.15, -0.1) is 25.7 Å². The third-order valence-electron chi connectivity index (χ3n) is 4.35. The van der Waals surface area contributed by atoms with Crippen molar-refractivity contribution in [2.75, 3.05) is 0 Å². The Kier molecular flexibility index (Phi) is 22.4. The van der Waals surface area contributed by atoms with E-state index < -0.39 is 0 Å². The van der Waals surface area contributed by atoms with E-state index in [0.29, 0.717) is 0 Å². The Balaban J connectivity index is 0. The van der Waals surface area contributed by atoms with Gasteiger partial charge in [0.15, 0.2) is 0 Å². The van der Waals surface area contributed by atoms with Crippen molar-refractivity contribution >= 4 is 0 Å². The maximum atomic E-state index is 3.39. The van der Waals surface area contributed by atoms with Crippen LogP contribution in [0.15, 0.2) is 11.1 Å². The molecule has 2 saturated carbocycles. The zero-order chi connectivity index (χ0) is 16.5. The first-order valence-electron chi connectivity index (χ1n) is 9.99. The largest absolute Gasteiger partial charge is 4.00 e. The molecule has 2 aliphatic carbocycles. The van der Waals surface area contributed by atoms with E-state index >= 15 is 0 Å². The van der Waals surface area contributed by atoms with Crippen molar-refractivity contribution in [3.8, 4) is 0 Å². The van der Waals surface area contributed by atoms with Crippen LogP contribution in [-0.2, 0) is 21.7 Å². The molecule has 0 amide bonds. The molecule has 0 aliphatic heterocycles. The van der Waals surface area contributed by atoms with E-state index in [1.165, 1.54) is 75.4 Å². The topological polar surface area (TPSA) is 0 Å². The summed E-state index contributed by atoms with van der Waals surface area (Å²) in [6, 6.07) is 0. The van der Waals surface area contributed by atoms with E-state index in [0.717, 1.165) is 25.7 Å². The smallest absolute Gasteiger partial charge is 0.373 e. The Bertz CT molecular complexity index is 235. The molecule has 0 atom stereocenters. The first-order valence-corrected chi connectivity index (χ1v) is 9.99. The van der Waals surface area contributed by atoms with Gasteiger partial charge < -0.3 is 23.3 Å². The van der Waals surface area contributed by atoms with Gasteiger partial charge in [-0.3, -0.25) is 0 Å². The van der Waals surface area contributed by atoms with Gasteiger partial charge in [-0.05, 0) is 0 Å². The van der Waals surface area contributed by atoms with Gasteiger partial charge >= 0.3 is 21.7 Å². The third kappa shape index (κ3) is 15.5. The van der Waals surface area contributed by atoms with E-state index in [1.807, 2.05) is 0 Å². The van der Waals surface area contributed by atoms with Crippen molar-refractivity contribution in [1.29, 1.82) is 0 Å². The van der Waals surface area contributed by atoms with Crippen LogP contribution in [0.25, 0.3) is 0 Å². The van der Waals surface area contributed by atoms with E-state index in [2.05, 4.69) is 39.8 Å². The monoisotopic (exact) mass is 352 g/mol. The van der Waals surface area contributed by atoms with E-state index in [9.17, 15) is 0 Å². The summed E-state index contributed by atoms with van der Waals surface area (Å²) in [5, 5.41) is 0. The minimum Gasteiger partial charge on any atom is -0.373 e. The predicted octanol–water partition coefficient (Wildman–Crippen LogP) is 7.98. The minimum absolute atomic E-state index is 0. The van der Waals surface area contributed by atoms with Crippen molar-refractivity contribution in [2.24, 2.45) is 0 Å². The van der Waals surface area contributed by atoms with Gasteiger partial charge in [0.05, 0.1) is 0 Å². The van der Waals surface area contributed by atoms with Crippen LogP contribution in [0.2, 0.25) is 0 Å². The number of hydrogen-bond acceptors (Lipinski definition) is 0. The molecule has 0 N–H and O–H groups in total. The molecule has 0 saturated heterocycles. The van der Waals surface area contributed by atoms with Crippen LogP contribution >= 0.6 is 0 Å². The molecule has 0 heterocycles. The van der Waals surface area contributed by atoms with Gasteiger partial charge in [0.25, 0.3) is 0 Å². The van der Waals surface area contributed by atoms with Crippen molar-refractivity contribution in [3.05, 3.63) is 23.3 Å². The number of rotatable bonds is 5. The summed E-state index contributed by atoms with van der Waals surface area (Å²) in [5.74, 6) is 0. The van der Waals surface area contributed by atoms with Crippen molar-refractivity contribution < 1.29 is 21.7 Å². The van der Waals surface area contributed by atoms with Crippen LogP contribution in [0.5, 0.6) is 0 Å².